The fourth-order valence-electron chi connectivity index (χ4n) is 3.36. The Labute approximate surface area is 157 Å². The van der Waals surface area contributed by atoms with Crippen LogP contribution in [0.25, 0.3) is 10.6 Å². The molecule has 2 aromatic carbocycles. The predicted octanol–water partition coefficient (Wildman–Crippen LogP) is 3.94. The van der Waals surface area contributed by atoms with Gasteiger partial charge in [-0.3, -0.25) is 4.79 Å². The van der Waals surface area contributed by atoms with Crippen molar-refractivity contribution < 1.29 is 4.79 Å². The summed E-state index contributed by atoms with van der Waals surface area (Å²) < 4.78 is 0. The third-order valence-corrected chi connectivity index (χ3v) is 5.66. The van der Waals surface area contributed by atoms with E-state index >= 15 is 0 Å². The van der Waals surface area contributed by atoms with Gasteiger partial charge in [-0.15, -0.1) is 11.3 Å². The standard InChI is InChI=1S/C21H21N3OS/c1-23-12-13-24(19(14-23)16-8-4-2-5-9-16)21(25)18-15-26-20(22-18)17-10-6-3-7-11-17/h2-11,15,19H,12-14H2,1H3/t19-/m0/s1. The van der Waals surface area contributed by atoms with Gasteiger partial charge in [-0.1, -0.05) is 60.7 Å². The van der Waals surface area contributed by atoms with Crippen molar-refractivity contribution in [2.24, 2.45) is 0 Å². The topological polar surface area (TPSA) is 36.4 Å². The third-order valence-electron chi connectivity index (χ3n) is 4.77. The van der Waals surface area contributed by atoms with Gasteiger partial charge in [0.15, 0.2) is 0 Å². The molecule has 0 unspecified atom stereocenters. The summed E-state index contributed by atoms with van der Waals surface area (Å²) >= 11 is 1.52. The van der Waals surface area contributed by atoms with E-state index in [1.54, 1.807) is 0 Å². The van der Waals surface area contributed by atoms with Crippen molar-refractivity contribution >= 4 is 17.2 Å². The molecule has 26 heavy (non-hydrogen) atoms. The summed E-state index contributed by atoms with van der Waals surface area (Å²) in [5.41, 5.74) is 2.76. The van der Waals surface area contributed by atoms with Crippen molar-refractivity contribution in [3.63, 3.8) is 0 Å². The number of thiazole rings is 1. The summed E-state index contributed by atoms with van der Waals surface area (Å²) in [5, 5.41) is 2.77. The molecule has 0 radical (unpaired) electrons. The monoisotopic (exact) mass is 363 g/mol. The van der Waals surface area contributed by atoms with E-state index in [9.17, 15) is 4.79 Å². The smallest absolute Gasteiger partial charge is 0.273 e. The van der Waals surface area contributed by atoms with Crippen molar-refractivity contribution in [1.29, 1.82) is 0 Å². The van der Waals surface area contributed by atoms with Gasteiger partial charge in [0, 0.05) is 30.6 Å². The molecule has 1 saturated heterocycles. The van der Waals surface area contributed by atoms with Crippen LogP contribution in [0.2, 0.25) is 0 Å². The molecule has 1 amide bonds. The number of carbonyl (C=O) groups is 1. The number of carbonyl (C=O) groups excluding carboxylic acids is 1. The number of likely N-dealkylation sites (N-methyl/N-ethyl adjacent to an activating group) is 1. The molecule has 1 atom stereocenters. The summed E-state index contributed by atoms with van der Waals surface area (Å²) in [6.07, 6.45) is 0. The molecule has 1 aliphatic heterocycles. The molecule has 1 aromatic heterocycles. The summed E-state index contributed by atoms with van der Waals surface area (Å²) in [5.74, 6) is 0.0189. The Morgan fingerprint density at radius 3 is 2.46 bits per heavy atom. The minimum absolute atomic E-state index is 0.0189. The first-order chi connectivity index (χ1) is 12.7. The van der Waals surface area contributed by atoms with E-state index in [4.69, 9.17) is 0 Å². The van der Waals surface area contributed by atoms with Crippen LogP contribution in [0.1, 0.15) is 22.1 Å². The molecule has 132 valence electrons. The number of aromatic nitrogens is 1. The van der Waals surface area contributed by atoms with Crippen molar-refractivity contribution in [1.82, 2.24) is 14.8 Å². The number of rotatable bonds is 3. The highest BCUT2D eigenvalue weighted by molar-refractivity contribution is 7.13. The number of benzene rings is 2. The lowest BCUT2D eigenvalue weighted by atomic mass is 10.0. The highest BCUT2D eigenvalue weighted by atomic mass is 32.1. The molecule has 2 heterocycles. The minimum Gasteiger partial charge on any atom is -0.328 e. The highest BCUT2D eigenvalue weighted by Gasteiger charge is 2.31. The molecular formula is C21H21N3OS. The lowest BCUT2D eigenvalue weighted by Crippen LogP contribution is -2.49. The van der Waals surface area contributed by atoms with Crippen LogP contribution in [0.3, 0.4) is 0 Å². The molecule has 1 aliphatic rings. The van der Waals surface area contributed by atoms with E-state index < -0.39 is 0 Å². The fraction of sp³-hybridized carbons (Fsp3) is 0.238. The molecule has 3 aromatic rings. The normalized spacial score (nSPS) is 18.0. The van der Waals surface area contributed by atoms with Gasteiger partial charge in [0.25, 0.3) is 5.91 Å². The maximum Gasteiger partial charge on any atom is 0.273 e. The SMILES string of the molecule is CN1CCN(C(=O)c2csc(-c3ccccc3)n2)[C@H](c2ccccc2)C1. The van der Waals surface area contributed by atoms with E-state index in [-0.39, 0.29) is 11.9 Å². The van der Waals surface area contributed by atoms with Crippen LogP contribution in [-0.4, -0.2) is 47.4 Å². The van der Waals surface area contributed by atoms with Crippen LogP contribution < -0.4 is 0 Å². The lowest BCUT2D eigenvalue weighted by Gasteiger charge is -2.40. The molecule has 4 rings (SSSR count). The quantitative estimate of drug-likeness (QED) is 0.707. The first-order valence-electron chi connectivity index (χ1n) is 8.78. The Kier molecular flexibility index (Phi) is 4.82. The Morgan fingerprint density at radius 1 is 1.04 bits per heavy atom. The summed E-state index contributed by atoms with van der Waals surface area (Å²) in [6.45, 7) is 2.43. The second-order valence-electron chi connectivity index (χ2n) is 6.59. The first-order valence-corrected chi connectivity index (χ1v) is 9.66. The maximum absolute atomic E-state index is 13.2. The van der Waals surface area contributed by atoms with E-state index in [0.717, 1.165) is 23.7 Å². The van der Waals surface area contributed by atoms with E-state index in [1.165, 1.54) is 16.9 Å². The third kappa shape index (κ3) is 3.41. The zero-order chi connectivity index (χ0) is 17.9. The second kappa shape index (κ2) is 7.40. The van der Waals surface area contributed by atoms with Crippen LogP contribution >= 0.6 is 11.3 Å². The van der Waals surface area contributed by atoms with Crippen LogP contribution in [0.4, 0.5) is 0 Å². The van der Waals surface area contributed by atoms with Gasteiger partial charge in [0.1, 0.15) is 10.7 Å². The molecule has 0 N–H and O–H groups in total. The molecule has 0 spiro atoms. The Balaban J connectivity index is 1.61. The van der Waals surface area contributed by atoms with E-state index in [2.05, 4.69) is 29.1 Å². The predicted molar refractivity (Wildman–Crippen MR) is 105 cm³/mol. The maximum atomic E-state index is 13.2. The zero-order valence-electron chi connectivity index (χ0n) is 14.7. The van der Waals surface area contributed by atoms with Crippen molar-refractivity contribution in [3.05, 3.63) is 77.3 Å². The molecule has 5 heteroatoms. The van der Waals surface area contributed by atoms with Crippen molar-refractivity contribution in [2.75, 3.05) is 26.7 Å². The molecule has 1 fully saturated rings. The van der Waals surface area contributed by atoms with E-state index in [1.807, 2.05) is 58.8 Å². The van der Waals surface area contributed by atoms with Crippen LogP contribution in [-0.2, 0) is 0 Å². The summed E-state index contributed by atoms with van der Waals surface area (Å²) in [4.78, 5) is 22.0. The van der Waals surface area contributed by atoms with Gasteiger partial charge in [-0.2, -0.15) is 0 Å². The Hall–Kier alpha value is -2.50. The van der Waals surface area contributed by atoms with E-state index in [0.29, 0.717) is 12.2 Å². The number of piperazine rings is 1. The number of amides is 1. The zero-order valence-corrected chi connectivity index (χ0v) is 15.5. The second-order valence-corrected chi connectivity index (χ2v) is 7.45. The highest BCUT2D eigenvalue weighted by Crippen LogP contribution is 2.29. The van der Waals surface area contributed by atoms with Gasteiger partial charge in [0.05, 0.1) is 6.04 Å². The van der Waals surface area contributed by atoms with Gasteiger partial charge < -0.3 is 9.80 Å². The average molecular weight is 363 g/mol. The van der Waals surface area contributed by atoms with Gasteiger partial charge in [0.2, 0.25) is 0 Å². The van der Waals surface area contributed by atoms with Crippen molar-refractivity contribution in [2.45, 2.75) is 6.04 Å². The van der Waals surface area contributed by atoms with Crippen LogP contribution in [0.15, 0.2) is 66.0 Å². The number of nitrogens with zero attached hydrogens (tertiary/aromatic N) is 3. The molecule has 4 nitrogen and oxygen atoms in total. The first kappa shape index (κ1) is 16.9. The molecular weight excluding hydrogens is 342 g/mol. The average Bonchev–Trinajstić information content (AvgIpc) is 3.19. The molecule has 0 saturated carbocycles. The van der Waals surface area contributed by atoms with Crippen molar-refractivity contribution in [3.8, 4) is 10.6 Å². The summed E-state index contributed by atoms with van der Waals surface area (Å²) in [6, 6.07) is 20.3. The minimum atomic E-state index is 0.0189. The van der Waals surface area contributed by atoms with Crippen LogP contribution in [0, 0.1) is 0 Å². The van der Waals surface area contributed by atoms with Crippen LogP contribution in [0.5, 0.6) is 0 Å². The molecule has 0 aliphatic carbocycles. The number of hydrogen-bond acceptors (Lipinski definition) is 4. The lowest BCUT2D eigenvalue weighted by molar-refractivity contribution is 0.0493. The van der Waals surface area contributed by atoms with Gasteiger partial charge >= 0.3 is 0 Å². The fourth-order valence-corrected chi connectivity index (χ4v) is 4.16. The van der Waals surface area contributed by atoms with Gasteiger partial charge in [-0.25, -0.2) is 4.98 Å². The largest absolute Gasteiger partial charge is 0.328 e. The Bertz CT molecular complexity index is 879. The number of hydrogen-bond donors (Lipinski definition) is 0. The molecule has 0 bridgehead atoms. The summed E-state index contributed by atoms with van der Waals surface area (Å²) in [7, 11) is 2.11. The van der Waals surface area contributed by atoms with Gasteiger partial charge in [-0.05, 0) is 12.6 Å². The Morgan fingerprint density at radius 2 is 1.73 bits per heavy atom.